The van der Waals surface area contributed by atoms with Crippen LogP contribution in [0.15, 0.2) is 0 Å². The topological polar surface area (TPSA) is 34.1 Å². The Hall–Kier alpha value is -0.660. The molecule has 21 heavy (non-hydrogen) atoms. The largest absolute Gasteiger partial charge is 0.300 e. The third-order valence-corrected chi connectivity index (χ3v) is 8.12. The molecule has 0 bridgehead atoms. The van der Waals surface area contributed by atoms with Crippen molar-refractivity contribution in [2.75, 3.05) is 0 Å². The van der Waals surface area contributed by atoms with Gasteiger partial charge in [-0.1, -0.05) is 13.8 Å². The van der Waals surface area contributed by atoms with E-state index in [2.05, 4.69) is 13.8 Å². The third kappa shape index (κ3) is 1.77. The molecule has 4 saturated carbocycles. The van der Waals surface area contributed by atoms with Gasteiger partial charge in [0, 0.05) is 24.7 Å². The molecule has 0 aromatic heterocycles. The highest BCUT2D eigenvalue weighted by Gasteiger charge is 2.60. The lowest BCUT2D eigenvalue weighted by Gasteiger charge is -2.59. The summed E-state index contributed by atoms with van der Waals surface area (Å²) >= 11 is 0. The molecule has 2 nitrogen and oxygen atoms in total. The fraction of sp³-hybridized carbons (Fsp3) is 0.895. The van der Waals surface area contributed by atoms with Crippen LogP contribution in [0.3, 0.4) is 0 Å². The highest BCUT2D eigenvalue weighted by Crippen LogP contribution is 2.65. The van der Waals surface area contributed by atoms with Gasteiger partial charge in [-0.2, -0.15) is 0 Å². The van der Waals surface area contributed by atoms with E-state index in [-0.39, 0.29) is 10.8 Å². The number of Topliss-reactive ketones (excluding diaryl/α,β-unsaturated/α-hetero) is 2. The molecule has 0 heterocycles. The summed E-state index contributed by atoms with van der Waals surface area (Å²) in [6.07, 6.45) is 9.55. The van der Waals surface area contributed by atoms with E-state index >= 15 is 0 Å². The Balaban J connectivity index is 1.67. The molecule has 0 aromatic rings. The van der Waals surface area contributed by atoms with Crippen LogP contribution >= 0.6 is 0 Å². The van der Waals surface area contributed by atoms with Gasteiger partial charge in [-0.05, 0) is 67.6 Å². The smallest absolute Gasteiger partial charge is 0.139 e. The maximum atomic E-state index is 12.4. The van der Waals surface area contributed by atoms with Gasteiger partial charge in [0.15, 0.2) is 0 Å². The molecule has 0 spiro atoms. The van der Waals surface area contributed by atoms with E-state index in [0.29, 0.717) is 29.3 Å². The van der Waals surface area contributed by atoms with Crippen LogP contribution in [-0.4, -0.2) is 11.6 Å². The number of ketones is 2. The SMILES string of the molecule is C[C@]12CC(=O)CC[C@@H]1CC[C@H]1[C@H]2CC[C@]2(C)C(=O)CC[C@H]12. The predicted molar refractivity (Wildman–Crippen MR) is 81.7 cm³/mol. The summed E-state index contributed by atoms with van der Waals surface area (Å²) in [6.45, 7) is 4.65. The van der Waals surface area contributed by atoms with Crippen molar-refractivity contribution in [1.29, 1.82) is 0 Å². The van der Waals surface area contributed by atoms with Gasteiger partial charge >= 0.3 is 0 Å². The first kappa shape index (κ1) is 14.0. The number of hydrogen-bond acceptors (Lipinski definition) is 2. The molecule has 116 valence electrons. The number of carbonyl (C=O) groups excluding carboxylic acids is 2. The van der Waals surface area contributed by atoms with Gasteiger partial charge < -0.3 is 0 Å². The highest BCUT2D eigenvalue weighted by atomic mass is 16.1. The van der Waals surface area contributed by atoms with Crippen molar-refractivity contribution < 1.29 is 9.59 Å². The molecule has 6 atom stereocenters. The zero-order valence-electron chi connectivity index (χ0n) is 13.5. The van der Waals surface area contributed by atoms with Gasteiger partial charge in [0.05, 0.1) is 0 Å². The highest BCUT2D eigenvalue weighted by molar-refractivity contribution is 5.87. The second-order valence-corrected chi connectivity index (χ2v) is 8.83. The number of hydrogen-bond donors (Lipinski definition) is 0. The van der Waals surface area contributed by atoms with Crippen LogP contribution in [0.5, 0.6) is 0 Å². The lowest BCUT2D eigenvalue weighted by atomic mass is 9.45. The van der Waals surface area contributed by atoms with Crippen molar-refractivity contribution in [2.24, 2.45) is 34.5 Å². The molecular formula is C19H28O2. The number of rotatable bonds is 0. The maximum absolute atomic E-state index is 12.4. The Morgan fingerprint density at radius 1 is 0.905 bits per heavy atom. The first-order valence-electron chi connectivity index (χ1n) is 9.00. The minimum absolute atomic E-state index is 0.0248. The molecule has 2 heteroatoms. The van der Waals surface area contributed by atoms with Gasteiger partial charge in [-0.3, -0.25) is 9.59 Å². The zero-order chi connectivity index (χ0) is 14.8. The van der Waals surface area contributed by atoms with Crippen molar-refractivity contribution in [2.45, 2.75) is 71.6 Å². The Labute approximate surface area is 128 Å². The Morgan fingerprint density at radius 3 is 2.52 bits per heavy atom. The summed E-state index contributed by atoms with van der Waals surface area (Å²) in [5.74, 6) is 3.80. The van der Waals surface area contributed by atoms with E-state index in [4.69, 9.17) is 0 Å². The van der Waals surface area contributed by atoms with Gasteiger partial charge in [-0.25, -0.2) is 0 Å². The van der Waals surface area contributed by atoms with E-state index in [1.807, 2.05) is 0 Å². The van der Waals surface area contributed by atoms with Gasteiger partial charge in [0.1, 0.15) is 11.6 Å². The molecule has 0 saturated heterocycles. The summed E-state index contributed by atoms with van der Waals surface area (Å²) in [7, 11) is 0. The maximum Gasteiger partial charge on any atom is 0.139 e. The molecular weight excluding hydrogens is 260 g/mol. The van der Waals surface area contributed by atoms with Crippen LogP contribution in [0.1, 0.15) is 71.6 Å². The Kier molecular flexibility index (Phi) is 2.94. The molecule has 0 amide bonds. The van der Waals surface area contributed by atoms with Crippen LogP contribution in [0, 0.1) is 34.5 Å². The van der Waals surface area contributed by atoms with Crippen LogP contribution in [0.2, 0.25) is 0 Å². The molecule has 4 aliphatic carbocycles. The van der Waals surface area contributed by atoms with Crippen LogP contribution < -0.4 is 0 Å². The summed E-state index contributed by atoms with van der Waals surface area (Å²) in [4.78, 5) is 24.5. The summed E-state index contributed by atoms with van der Waals surface area (Å²) in [5, 5.41) is 0. The van der Waals surface area contributed by atoms with Gasteiger partial charge in [0.2, 0.25) is 0 Å². The van der Waals surface area contributed by atoms with Gasteiger partial charge in [0.25, 0.3) is 0 Å². The number of fused-ring (bicyclic) bond motifs is 5. The van der Waals surface area contributed by atoms with E-state index in [1.54, 1.807) is 0 Å². The van der Waals surface area contributed by atoms with Crippen LogP contribution in [0.4, 0.5) is 0 Å². The average molecular weight is 288 g/mol. The molecule has 0 N–H and O–H groups in total. The lowest BCUT2D eigenvalue weighted by Crippen LogP contribution is -2.53. The third-order valence-electron chi connectivity index (χ3n) is 8.12. The van der Waals surface area contributed by atoms with Gasteiger partial charge in [-0.15, -0.1) is 0 Å². The van der Waals surface area contributed by atoms with Crippen LogP contribution in [0.25, 0.3) is 0 Å². The molecule has 4 fully saturated rings. The minimum atomic E-state index is -0.0248. The van der Waals surface area contributed by atoms with Crippen molar-refractivity contribution in [1.82, 2.24) is 0 Å². The van der Waals surface area contributed by atoms with E-state index < -0.39 is 0 Å². The molecule has 0 unspecified atom stereocenters. The van der Waals surface area contributed by atoms with E-state index in [0.717, 1.165) is 44.4 Å². The standard InChI is InChI=1S/C19H28O2/c1-18-10-9-16-14(15(18)7-8-17(18)21)6-4-12-3-5-13(20)11-19(12,16)2/h12,14-16H,3-11H2,1-2H3/t12-,14-,15-,16-,18+,19+/m1/s1. The summed E-state index contributed by atoms with van der Waals surface area (Å²) in [5.41, 5.74) is 0.217. The average Bonchev–Trinajstić information content (AvgIpc) is 2.74. The van der Waals surface area contributed by atoms with E-state index in [9.17, 15) is 9.59 Å². The second kappa shape index (κ2) is 4.43. The van der Waals surface area contributed by atoms with Crippen molar-refractivity contribution >= 4 is 11.6 Å². The van der Waals surface area contributed by atoms with E-state index in [1.165, 1.54) is 19.3 Å². The zero-order valence-corrected chi connectivity index (χ0v) is 13.5. The molecule has 4 rings (SSSR count). The Morgan fingerprint density at radius 2 is 1.71 bits per heavy atom. The predicted octanol–water partition coefficient (Wildman–Crippen LogP) is 4.17. The monoisotopic (exact) mass is 288 g/mol. The molecule has 0 radical (unpaired) electrons. The summed E-state index contributed by atoms with van der Waals surface area (Å²) in [6, 6.07) is 0. The first-order chi connectivity index (χ1) is 9.95. The van der Waals surface area contributed by atoms with Crippen LogP contribution in [-0.2, 0) is 9.59 Å². The molecule has 4 aliphatic rings. The fourth-order valence-corrected chi connectivity index (χ4v) is 6.90. The molecule has 0 aromatic carbocycles. The quantitative estimate of drug-likeness (QED) is 0.670. The minimum Gasteiger partial charge on any atom is -0.300 e. The fourth-order valence-electron chi connectivity index (χ4n) is 6.90. The molecule has 0 aliphatic heterocycles. The van der Waals surface area contributed by atoms with Crippen molar-refractivity contribution in [3.63, 3.8) is 0 Å². The van der Waals surface area contributed by atoms with Crippen molar-refractivity contribution in [3.8, 4) is 0 Å². The Bertz CT molecular complexity index is 496. The van der Waals surface area contributed by atoms with Crippen molar-refractivity contribution in [3.05, 3.63) is 0 Å². The first-order valence-corrected chi connectivity index (χ1v) is 9.00. The normalized spacial score (nSPS) is 53.0. The number of carbonyl (C=O) groups is 2. The lowest BCUT2D eigenvalue weighted by molar-refractivity contribution is -0.146. The second-order valence-electron chi connectivity index (χ2n) is 8.83. The summed E-state index contributed by atoms with van der Waals surface area (Å²) < 4.78 is 0.